The predicted octanol–water partition coefficient (Wildman–Crippen LogP) is 2.77. The highest BCUT2D eigenvalue weighted by Gasteiger charge is 2.11. The molecule has 0 aliphatic rings. The van der Waals surface area contributed by atoms with Gasteiger partial charge in [0.1, 0.15) is 11.6 Å². The van der Waals surface area contributed by atoms with Crippen LogP contribution < -0.4 is 4.74 Å². The summed E-state index contributed by atoms with van der Waals surface area (Å²) in [5.74, 6) is 0.000231. The van der Waals surface area contributed by atoms with Crippen molar-refractivity contribution in [1.82, 2.24) is 4.98 Å². The molecule has 0 unspecified atom stereocenters. The summed E-state index contributed by atoms with van der Waals surface area (Å²) >= 11 is 1.14. The van der Waals surface area contributed by atoms with Gasteiger partial charge in [0, 0.05) is 0 Å². The number of hydrogen-bond donors (Lipinski definition) is 0. The highest BCUT2D eigenvalue weighted by molar-refractivity contribution is 7.19. The zero-order valence-corrected chi connectivity index (χ0v) is 8.09. The van der Waals surface area contributed by atoms with E-state index in [4.69, 9.17) is 5.26 Å². The van der Waals surface area contributed by atoms with E-state index in [9.17, 15) is 8.78 Å². The van der Waals surface area contributed by atoms with Crippen LogP contribution in [0.15, 0.2) is 18.2 Å². The van der Waals surface area contributed by atoms with E-state index in [0.29, 0.717) is 10.2 Å². The number of halogens is 2. The van der Waals surface area contributed by atoms with Crippen LogP contribution in [0.25, 0.3) is 10.2 Å². The van der Waals surface area contributed by atoms with Crippen LogP contribution in [0.3, 0.4) is 0 Å². The molecule has 0 aliphatic carbocycles. The molecule has 1 aromatic heterocycles. The minimum absolute atomic E-state index is 0.000231. The Morgan fingerprint density at radius 2 is 2.27 bits per heavy atom. The molecule has 2 aromatic rings. The molecule has 0 spiro atoms. The second kappa shape index (κ2) is 3.79. The minimum atomic E-state index is -2.89. The molecular formula is C9H4F2N2OS. The second-order valence-corrected chi connectivity index (χ2v) is 3.64. The lowest BCUT2D eigenvalue weighted by molar-refractivity contribution is -0.0489. The van der Waals surface area contributed by atoms with Gasteiger partial charge >= 0.3 is 6.61 Å². The van der Waals surface area contributed by atoms with Crippen molar-refractivity contribution < 1.29 is 13.5 Å². The van der Waals surface area contributed by atoms with E-state index in [2.05, 4.69) is 9.72 Å². The van der Waals surface area contributed by atoms with Crippen molar-refractivity contribution in [2.45, 2.75) is 6.61 Å². The summed E-state index contributed by atoms with van der Waals surface area (Å²) in [6.45, 7) is -2.89. The maximum absolute atomic E-state index is 12.0. The van der Waals surface area contributed by atoms with E-state index < -0.39 is 6.61 Å². The number of aromatic nitrogens is 1. The summed E-state index contributed by atoms with van der Waals surface area (Å²) in [7, 11) is 0. The molecule has 76 valence electrons. The third kappa shape index (κ3) is 1.87. The molecule has 2 rings (SSSR count). The van der Waals surface area contributed by atoms with Crippen molar-refractivity contribution in [2.75, 3.05) is 0 Å². The van der Waals surface area contributed by atoms with E-state index in [0.717, 1.165) is 11.3 Å². The topological polar surface area (TPSA) is 45.9 Å². The van der Waals surface area contributed by atoms with E-state index in [1.807, 2.05) is 6.07 Å². The molecule has 6 heteroatoms. The maximum Gasteiger partial charge on any atom is 0.387 e. The number of para-hydroxylation sites is 1. The van der Waals surface area contributed by atoms with E-state index in [1.165, 1.54) is 6.07 Å². The Bertz CT molecular complexity index is 532. The molecular weight excluding hydrogens is 222 g/mol. The first-order valence-corrected chi connectivity index (χ1v) is 4.77. The summed E-state index contributed by atoms with van der Waals surface area (Å²) in [5.41, 5.74) is 0.305. The number of hydrogen-bond acceptors (Lipinski definition) is 4. The molecule has 3 nitrogen and oxygen atoms in total. The minimum Gasteiger partial charge on any atom is -0.432 e. The molecule has 0 saturated heterocycles. The Hall–Kier alpha value is -1.74. The molecule has 1 aromatic carbocycles. The molecule has 0 radical (unpaired) electrons. The average Bonchev–Trinajstić information content (AvgIpc) is 2.61. The van der Waals surface area contributed by atoms with E-state index >= 15 is 0 Å². The van der Waals surface area contributed by atoms with Gasteiger partial charge in [0.25, 0.3) is 0 Å². The molecule has 0 N–H and O–H groups in total. The zero-order chi connectivity index (χ0) is 10.8. The van der Waals surface area contributed by atoms with Crippen LogP contribution in [0.1, 0.15) is 5.01 Å². The molecule has 0 bridgehead atoms. The molecule has 1 heterocycles. The zero-order valence-electron chi connectivity index (χ0n) is 7.28. The molecule has 0 atom stereocenters. The van der Waals surface area contributed by atoms with E-state index in [1.54, 1.807) is 12.1 Å². The number of alkyl halides is 2. The van der Waals surface area contributed by atoms with Gasteiger partial charge < -0.3 is 4.74 Å². The number of nitrogens with zero attached hydrogens (tertiary/aromatic N) is 2. The van der Waals surface area contributed by atoms with Crippen LogP contribution in [-0.4, -0.2) is 11.6 Å². The van der Waals surface area contributed by atoms with Crippen molar-refractivity contribution in [3.8, 4) is 11.8 Å². The maximum atomic E-state index is 12.0. The molecule has 0 saturated carbocycles. The van der Waals surface area contributed by atoms with Crippen LogP contribution in [0.2, 0.25) is 0 Å². The molecule has 0 fully saturated rings. The Morgan fingerprint density at radius 3 is 2.93 bits per heavy atom. The molecule has 0 amide bonds. The Morgan fingerprint density at radius 1 is 1.47 bits per heavy atom. The fourth-order valence-electron chi connectivity index (χ4n) is 1.16. The van der Waals surface area contributed by atoms with Crippen molar-refractivity contribution in [2.24, 2.45) is 0 Å². The van der Waals surface area contributed by atoms with Gasteiger partial charge in [-0.25, -0.2) is 4.98 Å². The first-order chi connectivity index (χ1) is 7.20. The fourth-order valence-corrected chi connectivity index (χ4v) is 1.94. The molecule has 15 heavy (non-hydrogen) atoms. The molecule has 0 aliphatic heterocycles. The Balaban J connectivity index is 2.55. The van der Waals surface area contributed by atoms with Gasteiger partial charge in [-0.2, -0.15) is 14.0 Å². The monoisotopic (exact) mass is 226 g/mol. The number of ether oxygens (including phenoxy) is 1. The summed E-state index contributed by atoms with van der Waals surface area (Å²) in [6, 6.07) is 6.54. The fraction of sp³-hybridized carbons (Fsp3) is 0.111. The standard InChI is InChI=1S/C9H4F2N2OS/c10-9(11)14-5-2-1-3-6-8(5)13-7(4-12)15-6/h1-3,9H. The van der Waals surface area contributed by atoms with E-state index in [-0.39, 0.29) is 10.8 Å². The third-order valence-corrected chi connectivity index (χ3v) is 2.62. The highest BCUT2D eigenvalue weighted by atomic mass is 32.1. The van der Waals surface area contributed by atoms with Crippen LogP contribution in [0, 0.1) is 11.3 Å². The Labute approximate surface area is 87.5 Å². The summed E-state index contributed by atoms with van der Waals surface area (Å²) in [4.78, 5) is 3.88. The lowest BCUT2D eigenvalue weighted by atomic mass is 10.3. The average molecular weight is 226 g/mol. The van der Waals surface area contributed by atoms with Crippen molar-refractivity contribution >= 4 is 21.6 Å². The number of thiazole rings is 1. The van der Waals surface area contributed by atoms with Crippen LogP contribution in [-0.2, 0) is 0 Å². The van der Waals surface area contributed by atoms with Crippen molar-refractivity contribution in [1.29, 1.82) is 5.26 Å². The Kier molecular flexibility index (Phi) is 2.47. The highest BCUT2D eigenvalue weighted by Crippen LogP contribution is 2.30. The first-order valence-electron chi connectivity index (χ1n) is 3.95. The largest absolute Gasteiger partial charge is 0.432 e. The van der Waals surface area contributed by atoms with Crippen LogP contribution in [0.5, 0.6) is 5.75 Å². The summed E-state index contributed by atoms with van der Waals surface area (Å²) < 4.78 is 29.0. The van der Waals surface area contributed by atoms with Crippen molar-refractivity contribution in [3.05, 3.63) is 23.2 Å². The number of rotatable bonds is 2. The number of nitriles is 1. The predicted molar refractivity (Wildman–Crippen MR) is 51.0 cm³/mol. The normalized spacial score (nSPS) is 10.5. The lowest BCUT2D eigenvalue weighted by Crippen LogP contribution is -2.02. The number of benzene rings is 1. The smallest absolute Gasteiger partial charge is 0.387 e. The van der Waals surface area contributed by atoms with Gasteiger partial charge in [0.15, 0.2) is 10.8 Å². The van der Waals surface area contributed by atoms with Gasteiger partial charge in [-0.15, -0.1) is 11.3 Å². The number of fused-ring (bicyclic) bond motifs is 1. The van der Waals surface area contributed by atoms with Crippen molar-refractivity contribution in [3.63, 3.8) is 0 Å². The van der Waals surface area contributed by atoms with Crippen LogP contribution in [0.4, 0.5) is 8.78 Å². The summed E-state index contributed by atoms with van der Waals surface area (Å²) in [5, 5.41) is 8.85. The van der Waals surface area contributed by atoms with Gasteiger partial charge in [0.05, 0.1) is 4.70 Å². The summed E-state index contributed by atoms with van der Waals surface area (Å²) in [6.07, 6.45) is 0. The quantitative estimate of drug-likeness (QED) is 0.790. The first kappa shape index (κ1) is 9.80. The van der Waals surface area contributed by atoms with Gasteiger partial charge in [-0.05, 0) is 12.1 Å². The van der Waals surface area contributed by atoms with Gasteiger partial charge in [-0.3, -0.25) is 0 Å². The van der Waals surface area contributed by atoms with Gasteiger partial charge in [0.2, 0.25) is 0 Å². The second-order valence-electron chi connectivity index (χ2n) is 2.61. The SMILES string of the molecule is N#Cc1nc2c(OC(F)F)cccc2s1. The van der Waals surface area contributed by atoms with Gasteiger partial charge in [-0.1, -0.05) is 6.07 Å². The third-order valence-electron chi connectivity index (χ3n) is 1.69. The van der Waals surface area contributed by atoms with Crippen LogP contribution >= 0.6 is 11.3 Å². The lowest BCUT2D eigenvalue weighted by Gasteiger charge is -2.03.